The molecular weight excluding hydrogens is 258 g/mol. The maximum absolute atomic E-state index is 3.62. The lowest BCUT2D eigenvalue weighted by Gasteiger charge is -2.40. The van der Waals surface area contributed by atoms with Crippen molar-refractivity contribution in [2.45, 2.75) is 37.8 Å². The first-order valence-corrected chi connectivity index (χ1v) is 8.54. The van der Waals surface area contributed by atoms with Crippen LogP contribution in [0.5, 0.6) is 0 Å². The molecule has 0 amide bonds. The molecule has 3 rings (SSSR count). The van der Waals surface area contributed by atoms with Gasteiger partial charge in [0.25, 0.3) is 0 Å². The van der Waals surface area contributed by atoms with Gasteiger partial charge >= 0.3 is 0 Å². The van der Waals surface area contributed by atoms with Gasteiger partial charge in [-0.25, -0.2) is 0 Å². The number of likely N-dealkylation sites (N-methyl/N-ethyl adjacent to an activating group) is 1. The Kier molecular flexibility index (Phi) is 5.28. The van der Waals surface area contributed by atoms with Gasteiger partial charge in [-0.15, -0.1) is 0 Å². The van der Waals surface area contributed by atoms with Crippen molar-refractivity contribution in [3.63, 3.8) is 0 Å². The number of benzene rings is 1. The van der Waals surface area contributed by atoms with Crippen molar-refractivity contribution in [3.05, 3.63) is 35.9 Å². The molecule has 2 heterocycles. The van der Waals surface area contributed by atoms with E-state index in [1.54, 1.807) is 0 Å². The summed E-state index contributed by atoms with van der Waals surface area (Å²) >= 11 is 0. The molecule has 1 aromatic rings. The Balaban J connectivity index is 1.56. The fourth-order valence-corrected chi connectivity index (χ4v) is 3.76. The van der Waals surface area contributed by atoms with Crippen molar-refractivity contribution >= 4 is 0 Å². The van der Waals surface area contributed by atoms with Gasteiger partial charge in [-0.2, -0.15) is 0 Å². The maximum Gasteiger partial charge on any atom is 0.0475 e. The Morgan fingerprint density at radius 1 is 1.19 bits per heavy atom. The second-order valence-corrected chi connectivity index (χ2v) is 6.66. The zero-order valence-electron chi connectivity index (χ0n) is 13.3. The van der Waals surface area contributed by atoms with Crippen LogP contribution in [0.3, 0.4) is 0 Å². The monoisotopic (exact) mass is 287 g/mol. The summed E-state index contributed by atoms with van der Waals surface area (Å²) in [6, 6.07) is 12.4. The van der Waals surface area contributed by atoms with Gasteiger partial charge in [0.2, 0.25) is 0 Å². The first kappa shape index (κ1) is 15.0. The largest absolute Gasteiger partial charge is 0.314 e. The molecule has 0 radical (unpaired) electrons. The van der Waals surface area contributed by atoms with Crippen LogP contribution in [-0.4, -0.2) is 55.6 Å². The number of hydrogen-bond acceptors (Lipinski definition) is 3. The average molecular weight is 287 g/mol. The van der Waals surface area contributed by atoms with E-state index in [1.807, 2.05) is 0 Å². The lowest BCUT2D eigenvalue weighted by molar-refractivity contribution is 0.0876. The Hall–Kier alpha value is -0.900. The van der Waals surface area contributed by atoms with E-state index in [4.69, 9.17) is 0 Å². The highest BCUT2D eigenvalue weighted by Crippen LogP contribution is 2.25. The molecule has 2 aliphatic rings. The second-order valence-electron chi connectivity index (χ2n) is 6.66. The smallest absolute Gasteiger partial charge is 0.0475 e. The van der Waals surface area contributed by atoms with Crippen molar-refractivity contribution < 1.29 is 0 Å². The van der Waals surface area contributed by atoms with Gasteiger partial charge in [0.15, 0.2) is 0 Å². The van der Waals surface area contributed by atoms with E-state index in [1.165, 1.54) is 57.4 Å². The molecule has 3 heteroatoms. The molecule has 1 N–H and O–H groups in total. The summed E-state index contributed by atoms with van der Waals surface area (Å²) < 4.78 is 0. The Morgan fingerprint density at radius 2 is 2.05 bits per heavy atom. The third-order valence-electron chi connectivity index (χ3n) is 5.04. The van der Waals surface area contributed by atoms with E-state index in [9.17, 15) is 0 Å². The lowest BCUT2D eigenvalue weighted by Crippen LogP contribution is -2.47. The highest BCUT2D eigenvalue weighted by molar-refractivity contribution is 5.20. The van der Waals surface area contributed by atoms with Crippen LogP contribution in [0.15, 0.2) is 30.3 Å². The lowest BCUT2D eigenvalue weighted by atomic mass is 10.0. The first-order chi connectivity index (χ1) is 10.3. The molecule has 2 unspecified atom stereocenters. The van der Waals surface area contributed by atoms with E-state index in [2.05, 4.69) is 52.5 Å². The SMILES string of the molecule is CN1CCN(CCCC2CCCN2)C(c2ccccc2)C1. The zero-order chi connectivity index (χ0) is 14.5. The van der Waals surface area contributed by atoms with Crippen LogP contribution in [0.4, 0.5) is 0 Å². The van der Waals surface area contributed by atoms with E-state index in [-0.39, 0.29) is 0 Å². The predicted molar refractivity (Wildman–Crippen MR) is 88.5 cm³/mol. The number of nitrogens with zero attached hydrogens (tertiary/aromatic N) is 2. The van der Waals surface area contributed by atoms with Crippen molar-refractivity contribution in [1.82, 2.24) is 15.1 Å². The van der Waals surface area contributed by atoms with Crippen LogP contribution in [-0.2, 0) is 0 Å². The molecule has 2 saturated heterocycles. The minimum atomic E-state index is 0.571. The number of hydrogen-bond donors (Lipinski definition) is 1. The van der Waals surface area contributed by atoms with Crippen molar-refractivity contribution in [1.29, 1.82) is 0 Å². The van der Waals surface area contributed by atoms with Gasteiger partial charge in [0, 0.05) is 31.7 Å². The topological polar surface area (TPSA) is 18.5 Å². The van der Waals surface area contributed by atoms with E-state index < -0.39 is 0 Å². The molecule has 0 saturated carbocycles. The van der Waals surface area contributed by atoms with E-state index >= 15 is 0 Å². The Labute approximate surface area is 129 Å². The van der Waals surface area contributed by atoms with E-state index in [0.29, 0.717) is 6.04 Å². The molecule has 0 aliphatic carbocycles. The van der Waals surface area contributed by atoms with Crippen LogP contribution in [0, 0.1) is 0 Å². The van der Waals surface area contributed by atoms with Crippen LogP contribution in [0.2, 0.25) is 0 Å². The average Bonchev–Trinajstić information content (AvgIpc) is 3.03. The summed E-state index contributed by atoms with van der Waals surface area (Å²) in [6.07, 6.45) is 5.41. The van der Waals surface area contributed by atoms with Gasteiger partial charge in [-0.1, -0.05) is 30.3 Å². The molecule has 116 valence electrons. The quantitative estimate of drug-likeness (QED) is 0.898. The van der Waals surface area contributed by atoms with Crippen LogP contribution in [0.25, 0.3) is 0 Å². The Bertz CT molecular complexity index is 414. The normalized spacial score (nSPS) is 28.0. The van der Waals surface area contributed by atoms with Gasteiger partial charge in [-0.05, 0) is 51.4 Å². The summed E-state index contributed by atoms with van der Waals surface area (Å²) in [4.78, 5) is 5.16. The fourth-order valence-electron chi connectivity index (χ4n) is 3.76. The number of nitrogens with one attached hydrogen (secondary N) is 1. The summed E-state index contributed by atoms with van der Waals surface area (Å²) in [5, 5.41) is 3.62. The zero-order valence-corrected chi connectivity index (χ0v) is 13.3. The minimum absolute atomic E-state index is 0.571. The molecule has 0 spiro atoms. The van der Waals surface area contributed by atoms with E-state index in [0.717, 1.165) is 12.6 Å². The minimum Gasteiger partial charge on any atom is -0.314 e. The standard InChI is InChI=1S/C18H29N3/c1-20-13-14-21(12-6-10-17-9-5-11-19-17)18(15-20)16-7-3-2-4-8-16/h2-4,7-8,17-19H,5-6,9-15H2,1H3. The third kappa shape index (κ3) is 4.06. The number of piperazine rings is 1. The van der Waals surface area contributed by atoms with Gasteiger partial charge in [-0.3, -0.25) is 4.90 Å². The Morgan fingerprint density at radius 3 is 2.81 bits per heavy atom. The molecular formula is C18H29N3. The van der Waals surface area contributed by atoms with Gasteiger partial charge in [0.05, 0.1) is 0 Å². The van der Waals surface area contributed by atoms with Crippen LogP contribution >= 0.6 is 0 Å². The molecule has 2 atom stereocenters. The van der Waals surface area contributed by atoms with Crippen LogP contribution < -0.4 is 5.32 Å². The molecule has 0 aromatic heterocycles. The molecule has 0 bridgehead atoms. The van der Waals surface area contributed by atoms with Crippen molar-refractivity contribution in [3.8, 4) is 0 Å². The second kappa shape index (κ2) is 7.39. The molecule has 3 nitrogen and oxygen atoms in total. The fraction of sp³-hybridized carbons (Fsp3) is 0.667. The first-order valence-electron chi connectivity index (χ1n) is 8.54. The predicted octanol–water partition coefficient (Wildman–Crippen LogP) is 2.51. The number of rotatable bonds is 5. The molecule has 1 aromatic carbocycles. The molecule has 21 heavy (non-hydrogen) atoms. The highest BCUT2D eigenvalue weighted by Gasteiger charge is 2.26. The van der Waals surface area contributed by atoms with Crippen molar-refractivity contribution in [2.75, 3.05) is 39.8 Å². The maximum atomic E-state index is 3.62. The third-order valence-corrected chi connectivity index (χ3v) is 5.04. The molecule has 2 aliphatic heterocycles. The van der Waals surface area contributed by atoms with Crippen LogP contribution in [0.1, 0.15) is 37.3 Å². The summed E-state index contributed by atoms with van der Waals surface area (Å²) in [7, 11) is 2.25. The summed E-state index contributed by atoms with van der Waals surface area (Å²) in [5.74, 6) is 0. The summed E-state index contributed by atoms with van der Waals surface area (Å²) in [6.45, 7) is 6.03. The van der Waals surface area contributed by atoms with Gasteiger partial charge in [0.1, 0.15) is 0 Å². The highest BCUT2D eigenvalue weighted by atomic mass is 15.3. The van der Waals surface area contributed by atoms with Gasteiger partial charge < -0.3 is 10.2 Å². The molecule has 2 fully saturated rings. The van der Waals surface area contributed by atoms with Crippen molar-refractivity contribution in [2.24, 2.45) is 0 Å². The summed E-state index contributed by atoms with van der Waals surface area (Å²) in [5.41, 5.74) is 1.48.